The predicted octanol–water partition coefficient (Wildman–Crippen LogP) is 4.05. The minimum absolute atomic E-state index is 0.100. The molecule has 0 aliphatic carbocycles. The first-order valence-electron chi connectivity index (χ1n) is 6.66. The van der Waals surface area contributed by atoms with Crippen molar-refractivity contribution >= 4 is 0 Å². The Hall–Kier alpha value is -2.54. The lowest BCUT2D eigenvalue weighted by atomic mass is 9.86. The van der Waals surface area contributed by atoms with Gasteiger partial charge in [-0.15, -0.1) is 0 Å². The van der Waals surface area contributed by atoms with E-state index in [9.17, 15) is 0 Å². The molecule has 0 saturated heterocycles. The molecule has 1 aromatic carbocycles. The van der Waals surface area contributed by atoms with Gasteiger partial charge in [-0.1, -0.05) is 20.8 Å². The minimum atomic E-state index is -0.100. The number of methoxy groups -OCH3 is 1. The van der Waals surface area contributed by atoms with Gasteiger partial charge in [0.25, 0.3) is 0 Å². The van der Waals surface area contributed by atoms with Gasteiger partial charge in [0, 0.05) is 17.8 Å². The van der Waals surface area contributed by atoms with Crippen LogP contribution in [0.15, 0.2) is 36.5 Å². The number of hydrogen-bond donors (Lipinski definition) is 0. The molecular formula is C17H18N2O2. The molecule has 2 rings (SSSR count). The van der Waals surface area contributed by atoms with Crippen LogP contribution in [0.25, 0.3) is 0 Å². The fourth-order valence-electron chi connectivity index (χ4n) is 1.96. The molecule has 108 valence electrons. The second kappa shape index (κ2) is 5.84. The highest BCUT2D eigenvalue weighted by Gasteiger charge is 2.20. The summed E-state index contributed by atoms with van der Waals surface area (Å²) in [5.74, 6) is 1.90. The molecule has 0 unspecified atom stereocenters. The van der Waals surface area contributed by atoms with E-state index in [1.807, 2.05) is 18.2 Å². The molecule has 0 N–H and O–H groups in total. The van der Waals surface area contributed by atoms with Crippen LogP contribution in [0, 0.1) is 11.3 Å². The van der Waals surface area contributed by atoms with Gasteiger partial charge in [0.1, 0.15) is 11.5 Å². The second-order valence-corrected chi connectivity index (χ2v) is 5.71. The third kappa shape index (κ3) is 3.51. The molecule has 0 spiro atoms. The van der Waals surface area contributed by atoms with E-state index in [1.54, 1.807) is 25.4 Å². The van der Waals surface area contributed by atoms with Crippen molar-refractivity contribution in [3.63, 3.8) is 0 Å². The zero-order chi connectivity index (χ0) is 15.5. The highest BCUT2D eigenvalue weighted by Crippen LogP contribution is 2.36. The molecule has 2 aromatic rings. The molecule has 21 heavy (non-hydrogen) atoms. The molecule has 0 saturated carbocycles. The highest BCUT2D eigenvalue weighted by molar-refractivity contribution is 5.46. The Morgan fingerprint density at radius 2 is 1.90 bits per heavy atom. The first-order chi connectivity index (χ1) is 9.94. The SMILES string of the molecule is COc1ccc(Oc2cc(C#N)ccn2)c(C(C)(C)C)c1. The van der Waals surface area contributed by atoms with Gasteiger partial charge >= 0.3 is 0 Å². The largest absolute Gasteiger partial charge is 0.497 e. The Bertz CT molecular complexity index is 682. The average Bonchev–Trinajstić information content (AvgIpc) is 2.46. The molecule has 1 aromatic heterocycles. The first kappa shape index (κ1) is 14.9. The van der Waals surface area contributed by atoms with Crippen molar-refractivity contribution in [2.75, 3.05) is 7.11 Å². The van der Waals surface area contributed by atoms with Gasteiger partial charge in [0.2, 0.25) is 5.88 Å². The van der Waals surface area contributed by atoms with Crippen LogP contribution in [-0.4, -0.2) is 12.1 Å². The van der Waals surface area contributed by atoms with Crippen LogP contribution in [0.5, 0.6) is 17.4 Å². The molecule has 0 bridgehead atoms. The number of pyridine rings is 1. The fraction of sp³-hybridized carbons (Fsp3) is 0.294. The zero-order valence-corrected chi connectivity index (χ0v) is 12.7. The Kier molecular flexibility index (Phi) is 4.13. The maximum atomic E-state index is 8.93. The molecule has 0 radical (unpaired) electrons. The van der Waals surface area contributed by atoms with E-state index in [2.05, 4.69) is 31.8 Å². The van der Waals surface area contributed by atoms with E-state index in [0.29, 0.717) is 17.2 Å². The van der Waals surface area contributed by atoms with Crippen LogP contribution in [0.2, 0.25) is 0 Å². The van der Waals surface area contributed by atoms with Crippen molar-refractivity contribution in [1.82, 2.24) is 4.98 Å². The number of benzene rings is 1. The minimum Gasteiger partial charge on any atom is -0.497 e. The molecule has 0 aliphatic heterocycles. The van der Waals surface area contributed by atoms with E-state index >= 15 is 0 Å². The van der Waals surface area contributed by atoms with Crippen LogP contribution in [0.3, 0.4) is 0 Å². The van der Waals surface area contributed by atoms with E-state index in [1.165, 1.54) is 0 Å². The molecule has 4 heteroatoms. The van der Waals surface area contributed by atoms with Crippen molar-refractivity contribution in [1.29, 1.82) is 5.26 Å². The fourth-order valence-corrected chi connectivity index (χ4v) is 1.96. The van der Waals surface area contributed by atoms with Crippen molar-refractivity contribution < 1.29 is 9.47 Å². The van der Waals surface area contributed by atoms with Crippen LogP contribution in [0.1, 0.15) is 31.9 Å². The molecule has 4 nitrogen and oxygen atoms in total. The van der Waals surface area contributed by atoms with Crippen molar-refractivity contribution in [2.24, 2.45) is 0 Å². The first-order valence-corrected chi connectivity index (χ1v) is 6.66. The topological polar surface area (TPSA) is 55.1 Å². The molecule has 0 fully saturated rings. The summed E-state index contributed by atoms with van der Waals surface area (Å²) < 4.78 is 11.1. The van der Waals surface area contributed by atoms with Crippen LogP contribution in [-0.2, 0) is 5.41 Å². The maximum absolute atomic E-state index is 8.93. The van der Waals surface area contributed by atoms with Crippen molar-refractivity contribution in [3.05, 3.63) is 47.7 Å². The standard InChI is InChI=1S/C17H18N2O2/c1-17(2,3)14-10-13(20-4)5-6-15(14)21-16-9-12(11-18)7-8-19-16/h5-10H,1-4H3. The third-order valence-electron chi connectivity index (χ3n) is 3.07. The van der Waals surface area contributed by atoms with Gasteiger partial charge in [0.15, 0.2) is 0 Å². The zero-order valence-electron chi connectivity index (χ0n) is 12.7. The quantitative estimate of drug-likeness (QED) is 0.852. The second-order valence-electron chi connectivity index (χ2n) is 5.71. The summed E-state index contributed by atoms with van der Waals surface area (Å²) in [6.07, 6.45) is 1.56. The number of hydrogen-bond acceptors (Lipinski definition) is 4. The molecular weight excluding hydrogens is 264 g/mol. The van der Waals surface area contributed by atoms with Gasteiger partial charge < -0.3 is 9.47 Å². The summed E-state index contributed by atoms with van der Waals surface area (Å²) in [6.45, 7) is 6.31. The van der Waals surface area contributed by atoms with Gasteiger partial charge in [-0.05, 0) is 29.7 Å². The summed E-state index contributed by atoms with van der Waals surface area (Å²) in [5, 5.41) is 8.93. The Morgan fingerprint density at radius 3 is 2.52 bits per heavy atom. The lowest BCUT2D eigenvalue weighted by Gasteiger charge is -2.23. The number of rotatable bonds is 3. The third-order valence-corrected chi connectivity index (χ3v) is 3.07. The summed E-state index contributed by atoms with van der Waals surface area (Å²) in [6, 6.07) is 11.0. The van der Waals surface area contributed by atoms with E-state index in [4.69, 9.17) is 14.7 Å². The Balaban J connectivity index is 2.41. The Morgan fingerprint density at radius 1 is 1.14 bits per heavy atom. The number of nitrogens with zero attached hydrogens (tertiary/aromatic N) is 2. The van der Waals surface area contributed by atoms with Gasteiger partial charge in [0.05, 0.1) is 18.7 Å². The van der Waals surface area contributed by atoms with E-state index < -0.39 is 0 Å². The number of aromatic nitrogens is 1. The summed E-state index contributed by atoms with van der Waals surface area (Å²) in [7, 11) is 1.64. The molecule has 0 amide bonds. The van der Waals surface area contributed by atoms with Gasteiger partial charge in [-0.2, -0.15) is 5.26 Å². The summed E-state index contributed by atoms with van der Waals surface area (Å²) in [5.41, 5.74) is 1.44. The lowest BCUT2D eigenvalue weighted by Crippen LogP contribution is -2.13. The van der Waals surface area contributed by atoms with Crippen molar-refractivity contribution in [2.45, 2.75) is 26.2 Å². The van der Waals surface area contributed by atoms with Gasteiger partial charge in [-0.3, -0.25) is 0 Å². The smallest absolute Gasteiger partial charge is 0.220 e. The van der Waals surface area contributed by atoms with Crippen LogP contribution in [0.4, 0.5) is 0 Å². The Labute approximate surface area is 125 Å². The molecule has 1 heterocycles. The highest BCUT2D eigenvalue weighted by atomic mass is 16.5. The number of nitriles is 1. The van der Waals surface area contributed by atoms with E-state index in [-0.39, 0.29) is 5.41 Å². The summed E-state index contributed by atoms with van der Waals surface area (Å²) >= 11 is 0. The molecule has 0 aliphatic rings. The summed E-state index contributed by atoms with van der Waals surface area (Å²) in [4.78, 5) is 4.14. The van der Waals surface area contributed by atoms with Crippen molar-refractivity contribution in [3.8, 4) is 23.4 Å². The average molecular weight is 282 g/mol. The van der Waals surface area contributed by atoms with Crippen LogP contribution >= 0.6 is 0 Å². The molecule has 0 atom stereocenters. The predicted molar refractivity (Wildman–Crippen MR) is 80.7 cm³/mol. The van der Waals surface area contributed by atoms with E-state index in [0.717, 1.165) is 11.3 Å². The number of ether oxygens (including phenoxy) is 2. The monoisotopic (exact) mass is 282 g/mol. The van der Waals surface area contributed by atoms with Crippen LogP contribution < -0.4 is 9.47 Å². The van der Waals surface area contributed by atoms with Gasteiger partial charge in [-0.25, -0.2) is 4.98 Å². The lowest BCUT2D eigenvalue weighted by molar-refractivity contribution is 0.405. The normalized spacial score (nSPS) is 10.8. The maximum Gasteiger partial charge on any atom is 0.220 e.